The van der Waals surface area contributed by atoms with Crippen LogP contribution in [0.1, 0.15) is 348 Å². The quantitative estimate of drug-likeness (QED) is 0.0272. The lowest BCUT2D eigenvalue weighted by Gasteiger charge is -2.29. The minimum Gasteiger partial charge on any atom is -0.756 e. The standard InChI is InChI=1S/C69H135N2O6P/c1-6-8-10-12-14-16-18-20-22-24-26-27-28-29-30-31-32-33-34-35-36-37-38-39-40-41-42-43-45-47-49-51-53-55-57-59-61-63-69(73)70-67(66-77-78(74,75)76-65-64-71(3,4)5)68(72)62-60-58-56-54-52-50-48-46-44-25-23-21-19-17-15-13-11-9-7-2/h18,20,24,26,60,62,67-68,72H,6-17,19,21-23,25,27-59,61,63-66H2,1-5H3,(H-,70,73,74,75)/b20-18-,26-24-,62-60+. The van der Waals surface area contributed by atoms with Crippen molar-refractivity contribution in [2.75, 3.05) is 40.9 Å². The first-order valence-electron chi connectivity index (χ1n) is 34.4. The first-order valence-corrected chi connectivity index (χ1v) is 35.8. The Labute approximate surface area is 487 Å². The molecule has 0 bridgehead atoms. The Morgan fingerprint density at radius 2 is 0.744 bits per heavy atom. The molecule has 462 valence electrons. The van der Waals surface area contributed by atoms with E-state index in [2.05, 4.69) is 43.5 Å². The highest BCUT2D eigenvalue weighted by molar-refractivity contribution is 7.45. The van der Waals surface area contributed by atoms with Crippen molar-refractivity contribution in [1.82, 2.24) is 5.32 Å². The van der Waals surface area contributed by atoms with E-state index in [1.165, 1.54) is 283 Å². The monoisotopic (exact) mass is 1120 g/mol. The molecule has 0 saturated heterocycles. The van der Waals surface area contributed by atoms with Crippen LogP contribution in [-0.4, -0.2) is 68.5 Å². The average molecular weight is 1120 g/mol. The van der Waals surface area contributed by atoms with Gasteiger partial charge in [0, 0.05) is 6.42 Å². The number of unbranched alkanes of at least 4 members (excludes halogenated alkanes) is 47. The summed E-state index contributed by atoms with van der Waals surface area (Å²) in [6.07, 6.45) is 79.8. The molecule has 1 amide bonds. The highest BCUT2D eigenvalue weighted by atomic mass is 31.2. The molecule has 0 fully saturated rings. The van der Waals surface area contributed by atoms with Crippen molar-refractivity contribution in [3.63, 3.8) is 0 Å². The average Bonchev–Trinajstić information content (AvgIpc) is 3.41. The first-order chi connectivity index (χ1) is 38.0. The normalized spacial score (nSPS) is 13.9. The molecule has 0 aromatic carbocycles. The van der Waals surface area contributed by atoms with E-state index in [1.807, 2.05) is 27.2 Å². The van der Waals surface area contributed by atoms with Crippen molar-refractivity contribution in [2.24, 2.45) is 0 Å². The lowest BCUT2D eigenvalue weighted by Crippen LogP contribution is -2.45. The Morgan fingerprint density at radius 1 is 0.449 bits per heavy atom. The van der Waals surface area contributed by atoms with E-state index in [9.17, 15) is 19.4 Å². The van der Waals surface area contributed by atoms with Gasteiger partial charge in [0.2, 0.25) is 5.91 Å². The van der Waals surface area contributed by atoms with Gasteiger partial charge < -0.3 is 28.8 Å². The summed E-state index contributed by atoms with van der Waals surface area (Å²) in [6.45, 7) is 4.69. The SMILES string of the molecule is CCCCCCC/C=C\C/C=C\CCCCCCCCCCCCCCCCCCCCCCCCCCCC(=O)NC(COP(=O)([O-])OCC[N+](C)(C)C)C(O)/C=C/CCCCCCCCCCCCCCCCCCC. The van der Waals surface area contributed by atoms with E-state index in [0.29, 0.717) is 17.4 Å². The summed E-state index contributed by atoms with van der Waals surface area (Å²) in [5, 5.41) is 13.9. The number of nitrogens with one attached hydrogen (secondary N) is 1. The van der Waals surface area contributed by atoms with Gasteiger partial charge in [-0.05, 0) is 51.4 Å². The zero-order chi connectivity index (χ0) is 57.0. The molecule has 0 radical (unpaired) electrons. The van der Waals surface area contributed by atoms with Gasteiger partial charge in [0.05, 0.1) is 39.9 Å². The number of carbonyl (C=O) groups is 1. The Balaban J connectivity index is 3.95. The van der Waals surface area contributed by atoms with Crippen LogP contribution in [0.3, 0.4) is 0 Å². The predicted octanol–water partition coefficient (Wildman–Crippen LogP) is 21.0. The van der Waals surface area contributed by atoms with Gasteiger partial charge >= 0.3 is 0 Å². The smallest absolute Gasteiger partial charge is 0.268 e. The van der Waals surface area contributed by atoms with Crippen LogP contribution in [0, 0.1) is 0 Å². The fourth-order valence-electron chi connectivity index (χ4n) is 10.5. The topological polar surface area (TPSA) is 108 Å². The number of aliphatic hydroxyl groups excluding tert-OH is 1. The number of phosphoric acid groups is 1. The zero-order valence-corrected chi connectivity index (χ0v) is 53.8. The fourth-order valence-corrected chi connectivity index (χ4v) is 11.2. The van der Waals surface area contributed by atoms with Crippen LogP contribution in [0.15, 0.2) is 36.5 Å². The first kappa shape index (κ1) is 76.7. The number of allylic oxidation sites excluding steroid dienone is 5. The summed E-state index contributed by atoms with van der Waals surface area (Å²) in [7, 11) is 1.28. The molecule has 0 rings (SSSR count). The molecule has 0 aliphatic rings. The summed E-state index contributed by atoms with van der Waals surface area (Å²) >= 11 is 0. The Hall–Kier alpha value is -1.28. The maximum Gasteiger partial charge on any atom is 0.268 e. The molecule has 0 spiro atoms. The summed E-state index contributed by atoms with van der Waals surface area (Å²) < 4.78 is 23.4. The van der Waals surface area contributed by atoms with Gasteiger partial charge in [-0.2, -0.15) is 0 Å². The molecule has 0 aromatic heterocycles. The third-order valence-corrected chi connectivity index (χ3v) is 16.8. The predicted molar refractivity (Wildman–Crippen MR) is 339 cm³/mol. The summed E-state index contributed by atoms with van der Waals surface area (Å²) in [6, 6.07) is -0.885. The van der Waals surface area contributed by atoms with Crippen molar-refractivity contribution in [3.8, 4) is 0 Å². The van der Waals surface area contributed by atoms with Gasteiger partial charge in [0.15, 0.2) is 0 Å². The molecule has 0 aliphatic carbocycles. The minimum absolute atomic E-state index is 0.00147. The van der Waals surface area contributed by atoms with Gasteiger partial charge in [-0.3, -0.25) is 9.36 Å². The Morgan fingerprint density at radius 3 is 1.06 bits per heavy atom. The number of aliphatic hydroxyl groups is 1. The van der Waals surface area contributed by atoms with Crippen LogP contribution in [0.2, 0.25) is 0 Å². The van der Waals surface area contributed by atoms with Crippen molar-refractivity contribution in [3.05, 3.63) is 36.5 Å². The second-order valence-electron chi connectivity index (χ2n) is 24.9. The molecule has 3 atom stereocenters. The number of phosphoric ester groups is 1. The molecule has 78 heavy (non-hydrogen) atoms. The lowest BCUT2D eigenvalue weighted by molar-refractivity contribution is -0.870. The van der Waals surface area contributed by atoms with E-state index in [1.54, 1.807) is 6.08 Å². The van der Waals surface area contributed by atoms with Crippen LogP contribution >= 0.6 is 7.82 Å². The molecule has 0 aromatic rings. The fraction of sp³-hybridized carbons (Fsp3) is 0.899. The van der Waals surface area contributed by atoms with Crippen LogP contribution < -0.4 is 10.2 Å². The van der Waals surface area contributed by atoms with E-state index < -0.39 is 20.0 Å². The number of amides is 1. The van der Waals surface area contributed by atoms with Crippen molar-refractivity contribution in [1.29, 1.82) is 0 Å². The van der Waals surface area contributed by atoms with E-state index >= 15 is 0 Å². The molecule has 0 aliphatic heterocycles. The molecular formula is C69H135N2O6P. The van der Waals surface area contributed by atoms with Gasteiger partial charge in [0.1, 0.15) is 13.2 Å². The van der Waals surface area contributed by atoms with Crippen molar-refractivity contribution < 1.29 is 32.9 Å². The number of hydrogen-bond donors (Lipinski definition) is 2. The van der Waals surface area contributed by atoms with Crippen LogP contribution in [0.25, 0.3) is 0 Å². The second kappa shape index (κ2) is 60.3. The molecule has 0 saturated carbocycles. The highest BCUT2D eigenvalue weighted by Crippen LogP contribution is 2.38. The summed E-state index contributed by atoms with van der Waals surface area (Å²) in [5.74, 6) is -0.190. The van der Waals surface area contributed by atoms with Crippen LogP contribution in [0.5, 0.6) is 0 Å². The van der Waals surface area contributed by atoms with Gasteiger partial charge in [0.25, 0.3) is 7.82 Å². The Bertz CT molecular complexity index is 1360. The van der Waals surface area contributed by atoms with E-state index in [0.717, 1.165) is 44.9 Å². The van der Waals surface area contributed by atoms with Crippen molar-refractivity contribution in [2.45, 2.75) is 360 Å². The molecule has 0 heterocycles. The number of quaternary nitrogens is 1. The second-order valence-corrected chi connectivity index (χ2v) is 26.3. The van der Waals surface area contributed by atoms with E-state index in [4.69, 9.17) is 9.05 Å². The largest absolute Gasteiger partial charge is 0.756 e. The third-order valence-electron chi connectivity index (χ3n) is 15.8. The molecule has 8 nitrogen and oxygen atoms in total. The minimum atomic E-state index is -4.60. The summed E-state index contributed by atoms with van der Waals surface area (Å²) in [5.41, 5.74) is 0. The number of likely N-dealkylation sites (N-methyl/N-ethyl adjacent to an activating group) is 1. The van der Waals surface area contributed by atoms with Crippen LogP contribution in [-0.2, 0) is 18.4 Å². The van der Waals surface area contributed by atoms with Crippen LogP contribution in [0.4, 0.5) is 0 Å². The number of rotatable bonds is 64. The lowest BCUT2D eigenvalue weighted by atomic mass is 10.0. The van der Waals surface area contributed by atoms with Gasteiger partial charge in [-0.25, -0.2) is 0 Å². The summed E-state index contributed by atoms with van der Waals surface area (Å²) in [4.78, 5) is 25.6. The van der Waals surface area contributed by atoms with Gasteiger partial charge in [-0.15, -0.1) is 0 Å². The zero-order valence-electron chi connectivity index (χ0n) is 52.9. The molecule has 9 heteroatoms. The Kier molecular flexibility index (Phi) is 59.3. The van der Waals surface area contributed by atoms with E-state index in [-0.39, 0.29) is 19.1 Å². The number of hydrogen-bond acceptors (Lipinski definition) is 6. The highest BCUT2D eigenvalue weighted by Gasteiger charge is 2.23. The third kappa shape index (κ3) is 62.3. The molecule has 2 N–H and O–H groups in total. The molecular weight excluding hydrogens is 984 g/mol. The maximum absolute atomic E-state index is 13.0. The van der Waals surface area contributed by atoms with Gasteiger partial charge in [-0.1, -0.05) is 326 Å². The molecule has 3 unspecified atom stereocenters. The number of nitrogens with zero attached hydrogens (tertiary/aromatic N) is 1. The van der Waals surface area contributed by atoms with Crippen molar-refractivity contribution >= 4 is 13.7 Å². The maximum atomic E-state index is 13.0. The number of carbonyl (C=O) groups excluding carboxylic acids is 1.